The predicted octanol–water partition coefficient (Wildman–Crippen LogP) is 14.8. The van der Waals surface area contributed by atoms with Crippen molar-refractivity contribution >= 4 is 51.4 Å². The van der Waals surface area contributed by atoms with Crippen LogP contribution in [-0.4, -0.2) is 9.97 Å². The predicted molar refractivity (Wildman–Crippen MR) is 237 cm³/mol. The maximum Gasteiger partial charge on any atom is 0.141 e. The fourth-order valence-electron chi connectivity index (χ4n) is 7.32. The number of halogens is 4. The first-order valence-corrected chi connectivity index (χ1v) is 19.5. The highest BCUT2D eigenvalue weighted by Gasteiger charge is 2.25. The van der Waals surface area contributed by atoms with E-state index < -0.39 is 23.3 Å². The van der Waals surface area contributed by atoms with Crippen molar-refractivity contribution in [1.29, 1.82) is 0 Å². The van der Waals surface area contributed by atoms with Crippen LogP contribution >= 0.6 is 0 Å². The van der Waals surface area contributed by atoms with Gasteiger partial charge in [0, 0.05) is 63.8 Å². The van der Waals surface area contributed by atoms with E-state index in [1.807, 2.05) is 178 Å². The van der Waals surface area contributed by atoms with Crippen molar-refractivity contribution in [1.82, 2.24) is 9.97 Å². The zero-order valence-corrected chi connectivity index (χ0v) is 32.5. The summed E-state index contributed by atoms with van der Waals surface area (Å²) in [6, 6.07) is 62.4. The van der Waals surface area contributed by atoms with Gasteiger partial charge in [-0.05, 0) is 97.1 Å². The van der Waals surface area contributed by atoms with E-state index in [1.165, 1.54) is 24.3 Å². The molecular weight excluding hydrogens is 771 g/mol. The van der Waals surface area contributed by atoms with E-state index in [0.29, 0.717) is 28.7 Å². The maximum absolute atomic E-state index is 15.9. The van der Waals surface area contributed by atoms with Crippen LogP contribution in [0.25, 0.3) is 22.5 Å². The molecule has 9 aromatic rings. The maximum atomic E-state index is 15.9. The van der Waals surface area contributed by atoms with Gasteiger partial charge in [0.05, 0.1) is 22.8 Å². The van der Waals surface area contributed by atoms with Crippen molar-refractivity contribution < 1.29 is 17.6 Å². The highest BCUT2D eigenvalue weighted by molar-refractivity contribution is 5.87. The van der Waals surface area contributed by atoms with Crippen LogP contribution in [0.1, 0.15) is 0 Å². The van der Waals surface area contributed by atoms with Crippen LogP contribution < -0.4 is 14.7 Å². The number of hydrogen-bond acceptors (Lipinski definition) is 5. The largest absolute Gasteiger partial charge is 0.310 e. The summed E-state index contributed by atoms with van der Waals surface area (Å²) in [6.07, 6.45) is 0. The van der Waals surface area contributed by atoms with E-state index in [4.69, 9.17) is 9.97 Å². The lowest BCUT2D eigenvalue weighted by Gasteiger charge is -2.30. The van der Waals surface area contributed by atoms with Crippen LogP contribution in [0.4, 0.5) is 69.0 Å². The SMILES string of the molecule is Fc1ccc(-c2cc(N(c3ccccc3)c3ccccc3)cc(N(c3ccccc3)c3cc(N(c4ccccc4)c4ccccc4)cc(-c4ccc(F)cc4F)n3)n2)c(F)c1. The second kappa shape index (κ2) is 17.1. The molecule has 0 fully saturated rings. The highest BCUT2D eigenvalue weighted by Crippen LogP contribution is 2.44. The van der Waals surface area contributed by atoms with Crippen molar-refractivity contribution in [2.24, 2.45) is 0 Å². The van der Waals surface area contributed by atoms with Gasteiger partial charge in [0.25, 0.3) is 0 Å². The number of nitrogens with zero attached hydrogens (tertiary/aromatic N) is 5. The van der Waals surface area contributed by atoms with Crippen molar-refractivity contribution in [3.63, 3.8) is 0 Å². The smallest absolute Gasteiger partial charge is 0.141 e. The molecule has 0 bridgehead atoms. The third kappa shape index (κ3) is 8.17. The zero-order chi connectivity index (χ0) is 41.7. The Labute approximate surface area is 350 Å². The summed E-state index contributed by atoms with van der Waals surface area (Å²) in [6.45, 7) is 0. The van der Waals surface area contributed by atoms with Crippen molar-refractivity contribution in [3.05, 3.63) is 236 Å². The van der Waals surface area contributed by atoms with Crippen LogP contribution in [0.15, 0.2) is 212 Å². The van der Waals surface area contributed by atoms with Crippen LogP contribution in [0.3, 0.4) is 0 Å². The van der Waals surface area contributed by atoms with E-state index in [1.54, 1.807) is 12.1 Å². The monoisotopic (exact) mass is 805 g/mol. The number of para-hydroxylation sites is 5. The topological polar surface area (TPSA) is 35.5 Å². The number of anilines is 9. The molecule has 5 nitrogen and oxygen atoms in total. The summed E-state index contributed by atoms with van der Waals surface area (Å²) in [5.74, 6) is -2.38. The molecule has 0 aliphatic carbocycles. The Morgan fingerprint density at radius 2 is 0.574 bits per heavy atom. The molecule has 2 aromatic heterocycles. The van der Waals surface area contributed by atoms with Crippen LogP contribution in [-0.2, 0) is 0 Å². The summed E-state index contributed by atoms with van der Waals surface area (Å²) in [5.41, 5.74) is 5.72. The lowest BCUT2D eigenvalue weighted by atomic mass is 10.1. The van der Waals surface area contributed by atoms with Gasteiger partial charge in [-0.2, -0.15) is 0 Å². The van der Waals surface area contributed by atoms with Gasteiger partial charge in [-0.25, -0.2) is 27.5 Å². The number of rotatable bonds is 11. The summed E-state index contributed by atoms with van der Waals surface area (Å²) < 4.78 is 60.6. The van der Waals surface area contributed by atoms with E-state index >= 15 is 8.78 Å². The van der Waals surface area contributed by atoms with E-state index in [2.05, 4.69) is 0 Å². The van der Waals surface area contributed by atoms with Gasteiger partial charge < -0.3 is 9.80 Å². The molecule has 0 radical (unpaired) electrons. The molecule has 9 rings (SSSR count). The Balaban J connectivity index is 1.35. The molecule has 0 aliphatic heterocycles. The molecule has 0 saturated carbocycles. The standard InChI is InChI=1S/C52H35F4N5/c53-36-26-28-45(47(55)30-36)49-32-43(59(38-16-6-1-7-17-38)39-18-8-2-9-19-39)34-51(57-49)61(42-24-14-5-15-25-42)52-35-44(33-50(58-52)46-29-27-37(54)31-48(46)56)60(40-20-10-3-11-21-40)41-22-12-4-13-23-41/h1-35H. The highest BCUT2D eigenvalue weighted by atomic mass is 19.1. The number of pyridine rings is 2. The fraction of sp³-hybridized carbons (Fsp3) is 0. The summed E-state index contributed by atoms with van der Waals surface area (Å²) >= 11 is 0. The molecule has 0 saturated heterocycles. The van der Waals surface area contributed by atoms with E-state index in [9.17, 15) is 8.78 Å². The minimum absolute atomic E-state index is 0.0775. The van der Waals surface area contributed by atoms with Gasteiger partial charge in [0.15, 0.2) is 0 Å². The summed E-state index contributed by atoms with van der Waals surface area (Å²) in [4.78, 5) is 16.1. The Hall–Kier alpha value is -8.04. The average molecular weight is 806 g/mol. The normalized spacial score (nSPS) is 11.0. The molecule has 7 aromatic carbocycles. The Bertz CT molecular complexity index is 2660. The first kappa shape index (κ1) is 38.5. The second-order valence-corrected chi connectivity index (χ2v) is 14.1. The molecule has 0 aliphatic rings. The molecule has 61 heavy (non-hydrogen) atoms. The van der Waals surface area contributed by atoms with Crippen molar-refractivity contribution in [3.8, 4) is 22.5 Å². The second-order valence-electron chi connectivity index (χ2n) is 14.1. The molecule has 2 heterocycles. The third-order valence-electron chi connectivity index (χ3n) is 10.1. The molecule has 0 N–H and O–H groups in total. The van der Waals surface area contributed by atoms with E-state index in [0.717, 1.165) is 34.9 Å². The number of hydrogen-bond donors (Lipinski definition) is 0. The Kier molecular flexibility index (Phi) is 10.8. The number of benzene rings is 7. The lowest BCUT2D eigenvalue weighted by molar-refractivity contribution is 0.584. The molecule has 296 valence electrons. The Morgan fingerprint density at radius 1 is 0.279 bits per heavy atom. The summed E-state index contributed by atoms with van der Waals surface area (Å²) in [5, 5.41) is 0. The number of aromatic nitrogens is 2. The molecule has 0 unspecified atom stereocenters. The minimum Gasteiger partial charge on any atom is -0.310 e. The Morgan fingerprint density at radius 3 is 0.869 bits per heavy atom. The minimum atomic E-state index is -0.789. The van der Waals surface area contributed by atoms with Gasteiger partial charge in [-0.3, -0.25) is 4.90 Å². The van der Waals surface area contributed by atoms with Crippen molar-refractivity contribution in [2.75, 3.05) is 14.7 Å². The fourth-order valence-corrected chi connectivity index (χ4v) is 7.32. The van der Waals surface area contributed by atoms with Gasteiger partial charge in [0.2, 0.25) is 0 Å². The van der Waals surface area contributed by atoms with Crippen LogP contribution in [0, 0.1) is 23.3 Å². The molecule has 0 spiro atoms. The van der Waals surface area contributed by atoms with Crippen LogP contribution in [0.2, 0.25) is 0 Å². The average Bonchev–Trinajstić information content (AvgIpc) is 3.28. The van der Waals surface area contributed by atoms with Gasteiger partial charge in [-0.15, -0.1) is 0 Å². The van der Waals surface area contributed by atoms with Crippen LogP contribution in [0.5, 0.6) is 0 Å². The molecule has 0 amide bonds. The van der Waals surface area contributed by atoms with Crippen molar-refractivity contribution in [2.45, 2.75) is 0 Å². The zero-order valence-electron chi connectivity index (χ0n) is 32.5. The third-order valence-corrected chi connectivity index (χ3v) is 10.1. The first-order chi connectivity index (χ1) is 29.9. The van der Waals surface area contributed by atoms with Gasteiger partial charge in [-0.1, -0.05) is 91.0 Å². The lowest BCUT2D eigenvalue weighted by Crippen LogP contribution is -2.17. The quantitative estimate of drug-likeness (QED) is 0.122. The van der Waals surface area contributed by atoms with E-state index in [-0.39, 0.29) is 22.5 Å². The van der Waals surface area contributed by atoms with Gasteiger partial charge in [0.1, 0.15) is 34.9 Å². The molecule has 0 atom stereocenters. The van der Waals surface area contributed by atoms with Gasteiger partial charge >= 0.3 is 0 Å². The molecule has 9 heteroatoms. The first-order valence-electron chi connectivity index (χ1n) is 19.5. The summed E-state index contributed by atoms with van der Waals surface area (Å²) in [7, 11) is 0. The molecular formula is C52H35F4N5.